The predicted octanol–water partition coefficient (Wildman–Crippen LogP) is 3.88. The number of aromatic amines is 1. The Bertz CT molecular complexity index is 947. The van der Waals surface area contributed by atoms with Crippen LogP contribution in [0.3, 0.4) is 0 Å². The van der Waals surface area contributed by atoms with E-state index in [-0.39, 0.29) is 5.69 Å². The van der Waals surface area contributed by atoms with E-state index in [0.29, 0.717) is 11.0 Å². The lowest BCUT2D eigenvalue weighted by Gasteiger charge is -2.10. The van der Waals surface area contributed by atoms with Crippen LogP contribution >= 0.6 is 11.8 Å². The highest BCUT2D eigenvalue weighted by molar-refractivity contribution is 8.00. The predicted molar refractivity (Wildman–Crippen MR) is 98.7 cm³/mol. The van der Waals surface area contributed by atoms with Crippen LogP contribution in [0.5, 0.6) is 5.75 Å². The number of hydrogen-bond acceptors (Lipinski definition) is 5. The Hall–Kier alpha value is -2.94. The summed E-state index contributed by atoms with van der Waals surface area (Å²) >= 11 is 1.10. The third kappa shape index (κ3) is 4.62. The maximum absolute atomic E-state index is 13.6. The normalized spacial score (nSPS) is 11.9. The lowest BCUT2D eigenvalue weighted by molar-refractivity contribution is -0.115. The smallest absolute Gasteiger partial charge is 0.237 e. The van der Waals surface area contributed by atoms with Crippen LogP contribution in [0.4, 0.5) is 14.5 Å². The van der Waals surface area contributed by atoms with Gasteiger partial charge in [-0.15, -0.1) is 5.10 Å². The Morgan fingerprint density at radius 2 is 1.96 bits per heavy atom. The zero-order valence-corrected chi connectivity index (χ0v) is 15.3. The summed E-state index contributed by atoms with van der Waals surface area (Å²) in [6.07, 6.45) is 0. The van der Waals surface area contributed by atoms with E-state index in [1.165, 1.54) is 0 Å². The van der Waals surface area contributed by atoms with Gasteiger partial charge in [0.05, 0.1) is 18.0 Å². The fraction of sp³-hybridized carbons (Fsp3) is 0.167. The number of carbonyl (C=O) groups is 1. The summed E-state index contributed by atoms with van der Waals surface area (Å²) in [7, 11) is 1.58. The number of nitrogens with one attached hydrogen (secondary N) is 2. The molecular weight excluding hydrogens is 374 g/mol. The molecule has 0 saturated carbocycles. The zero-order valence-electron chi connectivity index (χ0n) is 14.5. The molecule has 0 spiro atoms. The van der Waals surface area contributed by atoms with Gasteiger partial charge in [0.2, 0.25) is 11.1 Å². The van der Waals surface area contributed by atoms with Gasteiger partial charge in [0.1, 0.15) is 17.4 Å². The fourth-order valence-corrected chi connectivity index (χ4v) is 2.94. The average molecular weight is 390 g/mol. The number of ether oxygens (including phenoxy) is 1. The van der Waals surface area contributed by atoms with E-state index in [4.69, 9.17) is 4.74 Å². The quantitative estimate of drug-likeness (QED) is 0.625. The molecular formula is C18H16F2N4O2S. The number of hydrogen-bond donors (Lipinski definition) is 2. The monoisotopic (exact) mass is 390 g/mol. The third-order valence-corrected chi connectivity index (χ3v) is 4.63. The molecule has 0 radical (unpaired) electrons. The van der Waals surface area contributed by atoms with Crippen molar-refractivity contribution in [1.29, 1.82) is 0 Å². The number of nitrogens with zero attached hydrogens (tertiary/aromatic N) is 2. The van der Waals surface area contributed by atoms with Gasteiger partial charge in [-0.25, -0.2) is 13.8 Å². The number of anilines is 1. The van der Waals surface area contributed by atoms with Crippen LogP contribution in [-0.2, 0) is 4.79 Å². The first-order valence-electron chi connectivity index (χ1n) is 7.95. The molecule has 0 aliphatic carbocycles. The van der Waals surface area contributed by atoms with Crippen LogP contribution in [0, 0.1) is 11.6 Å². The lowest BCUT2D eigenvalue weighted by Crippen LogP contribution is -2.23. The molecule has 6 nitrogen and oxygen atoms in total. The minimum atomic E-state index is -0.707. The Morgan fingerprint density at radius 3 is 2.67 bits per heavy atom. The van der Waals surface area contributed by atoms with Gasteiger partial charge in [-0.3, -0.25) is 9.89 Å². The highest BCUT2D eigenvalue weighted by atomic mass is 32.2. The van der Waals surface area contributed by atoms with Crippen molar-refractivity contribution in [2.24, 2.45) is 0 Å². The Kier molecular flexibility index (Phi) is 5.70. The van der Waals surface area contributed by atoms with Crippen LogP contribution in [0.15, 0.2) is 47.6 Å². The summed E-state index contributed by atoms with van der Waals surface area (Å²) in [6, 6.07) is 10.1. The second-order valence-electron chi connectivity index (χ2n) is 5.57. The Labute approximate surface area is 158 Å². The second kappa shape index (κ2) is 8.17. The number of H-pyrrole nitrogens is 1. The minimum absolute atomic E-state index is 0.207. The summed E-state index contributed by atoms with van der Waals surface area (Å²) < 4.78 is 31.9. The van der Waals surface area contributed by atoms with E-state index < -0.39 is 22.8 Å². The number of aromatic nitrogens is 3. The summed E-state index contributed by atoms with van der Waals surface area (Å²) in [5, 5.41) is 9.00. The molecule has 1 atom stereocenters. The molecule has 2 N–H and O–H groups in total. The van der Waals surface area contributed by atoms with Crippen LogP contribution in [-0.4, -0.2) is 33.4 Å². The molecule has 3 rings (SSSR count). The summed E-state index contributed by atoms with van der Waals surface area (Å²) in [6.45, 7) is 1.63. The molecule has 1 amide bonds. The van der Waals surface area contributed by atoms with E-state index in [9.17, 15) is 13.6 Å². The molecule has 1 aromatic heterocycles. The van der Waals surface area contributed by atoms with Crippen molar-refractivity contribution < 1.29 is 18.3 Å². The third-order valence-electron chi connectivity index (χ3n) is 3.67. The highest BCUT2D eigenvalue weighted by Crippen LogP contribution is 2.25. The number of amides is 1. The molecule has 9 heteroatoms. The van der Waals surface area contributed by atoms with Gasteiger partial charge in [-0.05, 0) is 43.3 Å². The number of carbonyl (C=O) groups excluding carboxylic acids is 1. The molecule has 0 bridgehead atoms. The van der Waals surface area contributed by atoms with Gasteiger partial charge in [-0.1, -0.05) is 11.8 Å². The van der Waals surface area contributed by atoms with E-state index >= 15 is 0 Å². The molecule has 0 aliphatic heterocycles. The van der Waals surface area contributed by atoms with Crippen molar-refractivity contribution in [3.8, 4) is 17.1 Å². The first kappa shape index (κ1) is 18.8. The first-order chi connectivity index (χ1) is 13.0. The van der Waals surface area contributed by atoms with E-state index in [1.54, 1.807) is 26.2 Å². The zero-order chi connectivity index (χ0) is 19.4. The average Bonchev–Trinajstić information content (AvgIpc) is 3.13. The van der Waals surface area contributed by atoms with Crippen molar-refractivity contribution >= 4 is 23.4 Å². The largest absolute Gasteiger partial charge is 0.497 e. The number of thioether (sulfide) groups is 1. The molecule has 0 aliphatic rings. The molecule has 0 unspecified atom stereocenters. The number of methoxy groups -OCH3 is 1. The minimum Gasteiger partial charge on any atom is -0.497 e. The molecule has 0 saturated heterocycles. The SMILES string of the molecule is COc1ccc(-c2nc(S[C@@H](C)C(=O)Nc3cc(F)ccc3F)n[nH]2)cc1. The molecule has 3 aromatic rings. The second-order valence-corrected chi connectivity index (χ2v) is 6.88. The van der Waals surface area contributed by atoms with Gasteiger partial charge in [0, 0.05) is 11.6 Å². The molecule has 1 heterocycles. The van der Waals surface area contributed by atoms with Gasteiger partial charge < -0.3 is 10.1 Å². The van der Waals surface area contributed by atoms with Crippen molar-refractivity contribution in [2.45, 2.75) is 17.3 Å². The summed E-state index contributed by atoms with van der Waals surface area (Å²) in [4.78, 5) is 16.6. The molecule has 140 valence electrons. The Balaban J connectivity index is 1.65. The molecule has 27 heavy (non-hydrogen) atoms. The van der Waals surface area contributed by atoms with Crippen LogP contribution in [0.25, 0.3) is 11.4 Å². The molecule has 0 fully saturated rings. The van der Waals surface area contributed by atoms with E-state index in [2.05, 4.69) is 20.5 Å². The molecule has 2 aromatic carbocycles. The lowest BCUT2D eigenvalue weighted by atomic mass is 10.2. The number of benzene rings is 2. The summed E-state index contributed by atoms with van der Waals surface area (Å²) in [5.41, 5.74) is 0.607. The fourth-order valence-electron chi connectivity index (χ4n) is 2.22. The van der Waals surface area contributed by atoms with Gasteiger partial charge in [0.25, 0.3) is 0 Å². The van der Waals surface area contributed by atoms with Crippen LogP contribution < -0.4 is 10.1 Å². The van der Waals surface area contributed by atoms with Gasteiger partial charge >= 0.3 is 0 Å². The van der Waals surface area contributed by atoms with Crippen molar-refractivity contribution in [2.75, 3.05) is 12.4 Å². The van der Waals surface area contributed by atoms with E-state index in [0.717, 1.165) is 41.3 Å². The summed E-state index contributed by atoms with van der Waals surface area (Å²) in [5.74, 6) is -0.557. The van der Waals surface area contributed by atoms with Gasteiger partial charge in [-0.2, -0.15) is 0 Å². The van der Waals surface area contributed by atoms with Crippen molar-refractivity contribution in [3.63, 3.8) is 0 Å². The Morgan fingerprint density at radius 1 is 1.22 bits per heavy atom. The van der Waals surface area contributed by atoms with Crippen molar-refractivity contribution in [1.82, 2.24) is 15.2 Å². The van der Waals surface area contributed by atoms with Gasteiger partial charge in [0.15, 0.2) is 5.82 Å². The maximum atomic E-state index is 13.6. The van der Waals surface area contributed by atoms with Crippen LogP contribution in [0.2, 0.25) is 0 Å². The number of halogens is 2. The topological polar surface area (TPSA) is 79.9 Å². The highest BCUT2D eigenvalue weighted by Gasteiger charge is 2.19. The van der Waals surface area contributed by atoms with Crippen LogP contribution in [0.1, 0.15) is 6.92 Å². The first-order valence-corrected chi connectivity index (χ1v) is 8.83. The maximum Gasteiger partial charge on any atom is 0.237 e. The van der Waals surface area contributed by atoms with E-state index in [1.807, 2.05) is 12.1 Å². The van der Waals surface area contributed by atoms with Crippen molar-refractivity contribution in [3.05, 3.63) is 54.1 Å². The number of rotatable bonds is 6. The standard InChI is InChI=1S/C18H16F2N4O2S/c1-10(17(25)21-15-9-12(19)5-8-14(15)20)27-18-22-16(23-24-18)11-3-6-13(26-2)7-4-11/h3-10H,1-2H3,(H,21,25)(H,22,23,24)/t10-/m0/s1.